The Balaban J connectivity index is 1.70. The highest BCUT2D eigenvalue weighted by Gasteiger charge is 2.06. The summed E-state index contributed by atoms with van der Waals surface area (Å²) in [5.41, 5.74) is 1.83. The van der Waals surface area contributed by atoms with Gasteiger partial charge >= 0.3 is 0 Å². The van der Waals surface area contributed by atoms with Gasteiger partial charge in [-0.3, -0.25) is 4.79 Å². The molecule has 0 unspecified atom stereocenters. The minimum Gasteiger partial charge on any atom is -0.504 e. The third kappa shape index (κ3) is 5.87. The van der Waals surface area contributed by atoms with Crippen LogP contribution in [-0.2, 0) is 11.3 Å². The molecule has 0 aromatic heterocycles. The minimum absolute atomic E-state index is 0.0523. The molecule has 134 valence electrons. The molecule has 0 bridgehead atoms. The fourth-order valence-electron chi connectivity index (χ4n) is 2.31. The molecular formula is C19H22ClNO4. The molecule has 1 amide bonds. The number of methoxy groups -OCH3 is 1. The zero-order valence-electron chi connectivity index (χ0n) is 14.3. The Morgan fingerprint density at radius 3 is 2.72 bits per heavy atom. The van der Waals surface area contributed by atoms with E-state index in [0.717, 1.165) is 16.9 Å². The smallest absolute Gasteiger partial charge is 0.220 e. The lowest BCUT2D eigenvalue weighted by atomic mass is 10.2. The van der Waals surface area contributed by atoms with E-state index >= 15 is 0 Å². The van der Waals surface area contributed by atoms with E-state index < -0.39 is 0 Å². The van der Waals surface area contributed by atoms with Crippen LogP contribution in [0.1, 0.15) is 24.0 Å². The molecule has 5 nitrogen and oxygen atoms in total. The van der Waals surface area contributed by atoms with E-state index in [4.69, 9.17) is 21.1 Å². The highest BCUT2D eigenvalue weighted by Crippen LogP contribution is 2.26. The van der Waals surface area contributed by atoms with Crippen molar-refractivity contribution in [2.75, 3.05) is 13.7 Å². The Morgan fingerprint density at radius 2 is 2.00 bits per heavy atom. The summed E-state index contributed by atoms with van der Waals surface area (Å²) in [5.74, 6) is 1.19. The summed E-state index contributed by atoms with van der Waals surface area (Å²) < 4.78 is 10.7. The van der Waals surface area contributed by atoms with Crippen molar-refractivity contribution in [2.24, 2.45) is 0 Å². The minimum atomic E-state index is -0.0523. The Kier molecular flexibility index (Phi) is 6.95. The number of aryl methyl sites for hydroxylation is 1. The molecule has 2 rings (SSSR count). The first-order valence-electron chi connectivity index (χ1n) is 8.01. The molecule has 0 saturated heterocycles. The summed E-state index contributed by atoms with van der Waals surface area (Å²) in [6.45, 7) is 2.77. The number of carbonyl (C=O) groups is 1. The van der Waals surface area contributed by atoms with Gasteiger partial charge in [-0.25, -0.2) is 0 Å². The van der Waals surface area contributed by atoms with Crippen LogP contribution in [0.15, 0.2) is 36.4 Å². The normalized spacial score (nSPS) is 10.4. The molecule has 0 atom stereocenters. The fraction of sp³-hybridized carbons (Fsp3) is 0.316. The molecule has 0 heterocycles. The molecule has 25 heavy (non-hydrogen) atoms. The molecule has 2 aromatic rings. The van der Waals surface area contributed by atoms with Gasteiger partial charge in [-0.2, -0.15) is 0 Å². The molecule has 0 radical (unpaired) electrons. The Labute approximate surface area is 152 Å². The van der Waals surface area contributed by atoms with E-state index in [2.05, 4.69) is 5.32 Å². The second kappa shape index (κ2) is 9.18. The maximum absolute atomic E-state index is 11.9. The number of nitrogens with one attached hydrogen (secondary N) is 1. The highest BCUT2D eigenvalue weighted by atomic mass is 35.5. The number of hydrogen-bond donors (Lipinski definition) is 2. The van der Waals surface area contributed by atoms with Gasteiger partial charge in [0.05, 0.1) is 13.7 Å². The number of ether oxygens (including phenoxy) is 2. The summed E-state index contributed by atoms with van der Waals surface area (Å²) in [5, 5.41) is 13.1. The van der Waals surface area contributed by atoms with Crippen LogP contribution in [0.4, 0.5) is 0 Å². The number of benzene rings is 2. The summed E-state index contributed by atoms with van der Waals surface area (Å²) in [6.07, 6.45) is 0.995. The van der Waals surface area contributed by atoms with Crippen molar-refractivity contribution in [3.05, 3.63) is 52.5 Å². The van der Waals surface area contributed by atoms with Crippen molar-refractivity contribution in [3.8, 4) is 17.2 Å². The molecule has 2 N–H and O–H groups in total. The van der Waals surface area contributed by atoms with Gasteiger partial charge in [0.2, 0.25) is 5.91 Å². The van der Waals surface area contributed by atoms with Gasteiger partial charge in [0.1, 0.15) is 5.75 Å². The Morgan fingerprint density at radius 1 is 1.20 bits per heavy atom. The monoisotopic (exact) mass is 363 g/mol. The van der Waals surface area contributed by atoms with E-state index in [1.165, 1.54) is 7.11 Å². The number of aromatic hydroxyl groups is 1. The molecule has 2 aromatic carbocycles. The summed E-state index contributed by atoms with van der Waals surface area (Å²) in [4.78, 5) is 11.9. The molecule has 0 spiro atoms. The van der Waals surface area contributed by atoms with Crippen LogP contribution in [0.2, 0.25) is 5.02 Å². The first-order valence-corrected chi connectivity index (χ1v) is 8.39. The van der Waals surface area contributed by atoms with Gasteiger partial charge in [0, 0.05) is 18.0 Å². The molecule has 0 saturated carbocycles. The Hall–Kier alpha value is -2.40. The van der Waals surface area contributed by atoms with Crippen LogP contribution >= 0.6 is 11.6 Å². The fourth-order valence-corrected chi connectivity index (χ4v) is 2.54. The van der Waals surface area contributed by atoms with Crippen LogP contribution in [0, 0.1) is 6.92 Å². The summed E-state index contributed by atoms with van der Waals surface area (Å²) in [7, 11) is 1.49. The number of phenols is 1. The van der Waals surface area contributed by atoms with Gasteiger partial charge in [-0.1, -0.05) is 17.7 Å². The molecule has 0 aliphatic carbocycles. The van der Waals surface area contributed by atoms with Crippen LogP contribution in [-0.4, -0.2) is 24.7 Å². The van der Waals surface area contributed by atoms with Crippen LogP contribution in [0.3, 0.4) is 0 Å². The lowest BCUT2D eigenvalue weighted by Crippen LogP contribution is -2.23. The van der Waals surface area contributed by atoms with Gasteiger partial charge in [-0.05, 0) is 54.8 Å². The van der Waals surface area contributed by atoms with Gasteiger partial charge < -0.3 is 19.9 Å². The summed E-state index contributed by atoms with van der Waals surface area (Å²) in [6, 6.07) is 10.4. The highest BCUT2D eigenvalue weighted by molar-refractivity contribution is 6.30. The number of amides is 1. The van der Waals surface area contributed by atoms with Crippen molar-refractivity contribution in [1.29, 1.82) is 0 Å². The zero-order valence-corrected chi connectivity index (χ0v) is 15.1. The lowest BCUT2D eigenvalue weighted by Gasteiger charge is -2.10. The molecule has 0 fully saturated rings. The average Bonchev–Trinajstić information content (AvgIpc) is 2.59. The number of halogens is 1. The topological polar surface area (TPSA) is 67.8 Å². The van der Waals surface area contributed by atoms with E-state index in [1.807, 2.05) is 19.1 Å². The van der Waals surface area contributed by atoms with E-state index in [0.29, 0.717) is 36.8 Å². The van der Waals surface area contributed by atoms with Crippen molar-refractivity contribution in [3.63, 3.8) is 0 Å². The predicted octanol–water partition coefficient (Wildman–Crippen LogP) is 3.84. The van der Waals surface area contributed by atoms with Gasteiger partial charge in [0.15, 0.2) is 11.5 Å². The maximum atomic E-state index is 11.9. The van der Waals surface area contributed by atoms with E-state index in [9.17, 15) is 9.90 Å². The quantitative estimate of drug-likeness (QED) is 0.699. The largest absolute Gasteiger partial charge is 0.504 e. The number of rotatable bonds is 8. The molecule has 0 aliphatic heterocycles. The van der Waals surface area contributed by atoms with Crippen molar-refractivity contribution < 1.29 is 19.4 Å². The standard InChI is InChI=1S/C19H22ClNO4/c1-13-10-15(20)6-8-17(13)25-9-3-4-19(23)21-12-14-5-7-16(22)18(11-14)24-2/h5-8,10-11,22H,3-4,9,12H2,1-2H3,(H,21,23). The van der Waals surface area contributed by atoms with Gasteiger partial charge in [0.25, 0.3) is 0 Å². The maximum Gasteiger partial charge on any atom is 0.220 e. The van der Waals surface area contributed by atoms with E-state index in [-0.39, 0.29) is 11.7 Å². The number of phenolic OH excluding ortho intramolecular Hbond substituents is 1. The number of hydrogen-bond acceptors (Lipinski definition) is 4. The number of carbonyl (C=O) groups excluding carboxylic acids is 1. The first-order chi connectivity index (χ1) is 12.0. The predicted molar refractivity (Wildman–Crippen MR) is 97.4 cm³/mol. The third-order valence-corrected chi connectivity index (χ3v) is 3.91. The zero-order chi connectivity index (χ0) is 18.2. The van der Waals surface area contributed by atoms with Crippen LogP contribution < -0.4 is 14.8 Å². The van der Waals surface area contributed by atoms with Crippen LogP contribution in [0.25, 0.3) is 0 Å². The second-order valence-corrected chi connectivity index (χ2v) is 6.08. The SMILES string of the molecule is COc1cc(CNC(=O)CCCOc2ccc(Cl)cc2C)ccc1O. The molecular weight excluding hydrogens is 342 g/mol. The van der Waals surface area contributed by atoms with Crippen molar-refractivity contribution in [2.45, 2.75) is 26.3 Å². The van der Waals surface area contributed by atoms with Crippen molar-refractivity contribution in [1.82, 2.24) is 5.32 Å². The first kappa shape index (κ1) is 18.9. The molecule has 6 heteroatoms. The second-order valence-electron chi connectivity index (χ2n) is 5.64. The Bertz CT molecular complexity index is 733. The lowest BCUT2D eigenvalue weighted by molar-refractivity contribution is -0.121. The van der Waals surface area contributed by atoms with Gasteiger partial charge in [-0.15, -0.1) is 0 Å². The average molecular weight is 364 g/mol. The third-order valence-electron chi connectivity index (χ3n) is 3.68. The molecule has 0 aliphatic rings. The van der Waals surface area contributed by atoms with Crippen LogP contribution in [0.5, 0.6) is 17.2 Å². The summed E-state index contributed by atoms with van der Waals surface area (Å²) >= 11 is 5.90. The van der Waals surface area contributed by atoms with E-state index in [1.54, 1.807) is 24.3 Å². The van der Waals surface area contributed by atoms with Crippen molar-refractivity contribution >= 4 is 17.5 Å².